The van der Waals surface area contributed by atoms with Crippen molar-refractivity contribution in [1.82, 2.24) is 0 Å². The Balaban J connectivity index is 1.85. The van der Waals surface area contributed by atoms with Crippen LogP contribution in [0.15, 0.2) is 88.8 Å². The fourth-order valence-electron chi connectivity index (χ4n) is 2.22. The first-order valence-electron chi connectivity index (χ1n) is 7.83. The van der Waals surface area contributed by atoms with E-state index in [9.17, 15) is 18.5 Å². The molecule has 3 rings (SSSR count). The first-order valence-corrected chi connectivity index (χ1v) is 9.24. The number of nitrogens with zero attached hydrogens (tertiary/aromatic N) is 2. The Morgan fingerprint density at radius 2 is 1.52 bits per heavy atom. The van der Waals surface area contributed by atoms with Crippen LogP contribution in [0.25, 0.3) is 0 Å². The molecule has 27 heavy (non-hydrogen) atoms. The van der Waals surface area contributed by atoms with E-state index in [0.29, 0.717) is 11.3 Å². The lowest BCUT2D eigenvalue weighted by Gasteiger charge is -2.09. The van der Waals surface area contributed by atoms with Crippen molar-refractivity contribution in [2.75, 3.05) is 0 Å². The van der Waals surface area contributed by atoms with Crippen LogP contribution in [-0.2, 0) is 10.1 Å². The number of para-hydroxylation sites is 1. The van der Waals surface area contributed by atoms with Crippen molar-refractivity contribution in [2.45, 2.75) is 4.90 Å². The van der Waals surface area contributed by atoms with Crippen molar-refractivity contribution in [1.29, 1.82) is 0 Å². The normalized spacial score (nSPS) is 11.4. The Bertz CT molecular complexity index is 1080. The number of aliphatic imine (C=N–C) groups is 1. The third-order valence-electron chi connectivity index (χ3n) is 3.56. The molecule has 0 spiro atoms. The number of nitro benzene ring substituents is 1. The summed E-state index contributed by atoms with van der Waals surface area (Å²) in [5, 5.41) is 10.7. The number of non-ortho nitro benzene ring substituents is 1. The van der Waals surface area contributed by atoms with E-state index in [2.05, 4.69) is 4.99 Å². The maximum Gasteiger partial charge on any atom is 0.339 e. The molecule has 0 heterocycles. The molecule has 0 saturated heterocycles. The minimum Gasteiger partial charge on any atom is -0.378 e. The van der Waals surface area contributed by atoms with E-state index in [1.54, 1.807) is 36.4 Å². The van der Waals surface area contributed by atoms with E-state index < -0.39 is 15.0 Å². The zero-order valence-corrected chi connectivity index (χ0v) is 14.7. The summed E-state index contributed by atoms with van der Waals surface area (Å²) in [7, 11) is -3.97. The number of nitro groups is 1. The number of hydrogen-bond donors (Lipinski definition) is 0. The second-order valence-electron chi connectivity index (χ2n) is 5.42. The van der Waals surface area contributed by atoms with Gasteiger partial charge in [0.05, 0.1) is 10.6 Å². The lowest BCUT2D eigenvalue weighted by molar-refractivity contribution is -0.384. The van der Waals surface area contributed by atoms with Gasteiger partial charge in [0.15, 0.2) is 5.75 Å². The zero-order valence-electron chi connectivity index (χ0n) is 13.9. The van der Waals surface area contributed by atoms with Gasteiger partial charge in [0.2, 0.25) is 0 Å². The topological polar surface area (TPSA) is 98.9 Å². The van der Waals surface area contributed by atoms with Crippen LogP contribution in [0.3, 0.4) is 0 Å². The van der Waals surface area contributed by atoms with Gasteiger partial charge in [0.25, 0.3) is 5.69 Å². The smallest absolute Gasteiger partial charge is 0.339 e. The van der Waals surface area contributed by atoms with Gasteiger partial charge in [0, 0.05) is 23.9 Å². The Labute approximate surface area is 155 Å². The standard InChI is InChI=1S/C19H14N2O5S/c22-21(23)17-12-10-16(11-13-17)20-14-15-6-4-5-9-19(15)26-27(24,25)18-7-2-1-3-8-18/h1-14H. The van der Waals surface area contributed by atoms with Crippen molar-refractivity contribution in [2.24, 2.45) is 4.99 Å². The second-order valence-corrected chi connectivity index (χ2v) is 6.97. The van der Waals surface area contributed by atoms with Crippen LogP contribution in [0.4, 0.5) is 11.4 Å². The molecule has 0 unspecified atom stereocenters. The summed E-state index contributed by atoms with van der Waals surface area (Å²) in [6, 6.07) is 20.1. The third kappa shape index (κ3) is 4.56. The fraction of sp³-hybridized carbons (Fsp3) is 0. The van der Waals surface area contributed by atoms with Crippen molar-refractivity contribution >= 4 is 27.7 Å². The number of rotatable bonds is 6. The molecular weight excluding hydrogens is 368 g/mol. The summed E-state index contributed by atoms with van der Waals surface area (Å²) in [6.07, 6.45) is 1.44. The highest BCUT2D eigenvalue weighted by atomic mass is 32.2. The molecule has 0 amide bonds. The van der Waals surface area contributed by atoms with Gasteiger partial charge in [-0.1, -0.05) is 30.3 Å². The summed E-state index contributed by atoms with van der Waals surface area (Å²) < 4.78 is 30.0. The minimum atomic E-state index is -3.97. The Hall–Kier alpha value is -3.52. The van der Waals surface area contributed by atoms with E-state index >= 15 is 0 Å². The molecule has 0 radical (unpaired) electrons. The minimum absolute atomic E-state index is 0.0355. The van der Waals surface area contributed by atoms with Crippen molar-refractivity contribution in [3.05, 3.63) is 94.5 Å². The monoisotopic (exact) mass is 382 g/mol. The summed E-state index contributed by atoms with van der Waals surface area (Å²) in [4.78, 5) is 14.5. The Morgan fingerprint density at radius 1 is 0.889 bits per heavy atom. The quantitative estimate of drug-likeness (QED) is 0.276. The summed E-state index contributed by atoms with van der Waals surface area (Å²) in [5.74, 6) is 0.131. The summed E-state index contributed by atoms with van der Waals surface area (Å²) in [6.45, 7) is 0. The van der Waals surface area contributed by atoms with Gasteiger partial charge >= 0.3 is 10.1 Å². The molecule has 0 bridgehead atoms. The predicted octanol–water partition coefficient (Wildman–Crippen LogP) is 4.11. The van der Waals surface area contributed by atoms with Gasteiger partial charge in [-0.25, -0.2) is 0 Å². The molecule has 3 aromatic rings. The first kappa shape index (κ1) is 18.3. The lowest BCUT2D eigenvalue weighted by Crippen LogP contribution is -2.10. The second kappa shape index (κ2) is 7.79. The molecule has 136 valence electrons. The van der Waals surface area contributed by atoms with Crippen LogP contribution < -0.4 is 4.18 Å². The van der Waals surface area contributed by atoms with E-state index in [1.165, 1.54) is 48.7 Å². The highest BCUT2D eigenvalue weighted by molar-refractivity contribution is 7.87. The first-order chi connectivity index (χ1) is 13.0. The maximum atomic E-state index is 12.4. The highest BCUT2D eigenvalue weighted by Crippen LogP contribution is 2.23. The van der Waals surface area contributed by atoms with Crippen LogP contribution in [0.5, 0.6) is 5.75 Å². The molecule has 0 aliphatic heterocycles. The van der Waals surface area contributed by atoms with Gasteiger partial charge in [-0.2, -0.15) is 8.42 Å². The molecule has 0 aliphatic carbocycles. The van der Waals surface area contributed by atoms with E-state index in [4.69, 9.17) is 4.18 Å². The van der Waals surface area contributed by atoms with Crippen molar-refractivity contribution in [3.63, 3.8) is 0 Å². The van der Waals surface area contributed by atoms with Gasteiger partial charge in [-0.15, -0.1) is 0 Å². The van der Waals surface area contributed by atoms with Gasteiger partial charge < -0.3 is 4.18 Å². The van der Waals surface area contributed by atoms with Crippen molar-refractivity contribution < 1.29 is 17.5 Å². The Morgan fingerprint density at radius 3 is 2.19 bits per heavy atom. The molecular formula is C19H14N2O5S. The molecule has 7 nitrogen and oxygen atoms in total. The van der Waals surface area contributed by atoms with Gasteiger partial charge in [-0.3, -0.25) is 15.1 Å². The molecule has 0 fully saturated rings. The molecule has 3 aromatic carbocycles. The molecule has 0 N–H and O–H groups in total. The van der Waals surface area contributed by atoms with Crippen LogP contribution >= 0.6 is 0 Å². The van der Waals surface area contributed by atoms with E-state index in [0.717, 1.165) is 0 Å². The largest absolute Gasteiger partial charge is 0.378 e. The van der Waals surface area contributed by atoms with Crippen LogP contribution in [-0.4, -0.2) is 19.6 Å². The average molecular weight is 382 g/mol. The summed E-state index contributed by atoms with van der Waals surface area (Å²) in [5.41, 5.74) is 0.906. The zero-order chi connectivity index (χ0) is 19.3. The highest BCUT2D eigenvalue weighted by Gasteiger charge is 2.17. The van der Waals surface area contributed by atoms with Gasteiger partial charge in [0.1, 0.15) is 4.90 Å². The van der Waals surface area contributed by atoms with Crippen LogP contribution in [0, 0.1) is 10.1 Å². The Kier molecular flexibility index (Phi) is 5.28. The molecule has 8 heteroatoms. The predicted molar refractivity (Wildman–Crippen MR) is 101 cm³/mol. The van der Waals surface area contributed by atoms with Crippen LogP contribution in [0.1, 0.15) is 5.56 Å². The number of benzene rings is 3. The third-order valence-corrected chi connectivity index (χ3v) is 4.81. The number of hydrogen-bond acceptors (Lipinski definition) is 6. The molecule has 0 aromatic heterocycles. The van der Waals surface area contributed by atoms with E-state index in [-0.39, 0.29) is 16.3 Å². The van der Waals surface area contributed by atoms with Crippen molar-refractivity contribution in [3.8, 4) is 5.75 Å². The maximum absolute atomic E-state index is 12.4. The van der Waals surface area contributed by atoms with E-state index in [1.807, 2.05) is 0 Å². The fourth-order valence-corrected chi connectivity index (χ4v) is 3.20. The molecule has 0 atom stereocenters. The molecule has 0 aliphatic rings. The van der Waals surface area contributed by atoms with Crippen LogP contribution in [0.2, 0.25) is 0 Å². The average Bonchev–Trinajstić information content (AvgIpc) is 2.68. The lowest BCUT2D eigenvalue weighted by atomic mass is 10.2. The summed E-state index contributed by atoms with van der Waals surface area (Å²) >= 11 is 0. The molecule has 0 saturated carbocycles. The van der Waals surface area contributed by atoms with Gasteiger partial charge in [-0.05, 0) is 36.4 Å². The SMILES string of the molecule is O=[N+]([O-])c1ccc(N=Cc2ccccc2OS(=O)(=O)c2ccccc2)cc1.